The number of aryl methyl sites for hydroxylation is 2. The van der Waals surface area contributed by atoms with Crippen LogP contribution in [0.2, 0.25) is 5.02 Å². The zero-order chi connectivity index (χ0) is 20.1. The van der Waals surface area contributed by atoms with E-state index in [-0.39, 0.29) is 5.91 Å². The number of aromatic nitrogens is 2. The predicted molar refractivity (Wildman–Crippen MR) is 111 cm³/mol. The maximum Gasteiger partial charge on any atom is 0.253 e. The Morgan fingerprint density at radius 3 is 2.61 bits per heavy atom. The molecule has 0 unspecified atom stereocenters. The molecule has 0 saturated carbocycles. The number of halogens is 1. The molecule has 0 bridgehead atoms. The Balaban J connectivity index is 1.59. The van der Waals surface area contributed by atoms with Crippen LogP contribution in [0.5, 0.6) is 5.75 Å². The average molecular weight is 398 g/mol. The minimum absolute atomic E-state index is 0.0414. The highest BCUT2D eigenvalue weighted by Gasteiger charge is 2.13. The van der Waals surface area contributed by atoms with Crippen LogP contribution in [-0.4, -0.2) is 27.6 Å². The summed E-state index contributed by atoms with van der Waals surface area (Å²) in [6.07, 6.45) is 1.92. The molecule has 0 aliphatic heterocycles. The van der Waals surface area contributed by atoms with Crippen LogP contribution >= 0.6 is 11.6 Å². The molecule has 0 aliphatic rings. The number of ether oxygens (including phenoxy) is 1. The van der Waals surface area contributed by atoms with Crippen LogP contribution < -0.4 is 4.74 Å². The highest BCUT2D eigenvalue weighted by molar-refractivity contribution is 6.32. The van der Waals surface area contributed by atoms with Gasteiger partial charge in [-0.3, -0.25) is 9.48 Å². The van der Waals surface area contributed by atoms with Gasteiger partial charge >= 0.3 is 0 Å². The maximum absolute atomic E-state index is 12.6. The highest BCUT2D eigenvalue weighted by Crippen LogP contribution is 2.26. The Labute approximate surface area is 170 Å². The number of nitrogens with zero attached hydrogens (tertiary/aromatic N) is 3. The topological polar surface area (TPSA) is 47.4 Å². The molecule has 0 fully saturated rings. The Morgan fingerprint density at radius 2 is 1.93 bits per heavy atom. The third-order valence-corrected chi connectivity index (χ3v) is 4.76. The van der Waals surface area contributed by atoms with E-state index >= 15 is 0 Å². The molecule has 146 valence electrons. The molecule has 1 aromatic heterocycles. The molecule has 6 heteroatoms. The molecule has 3 aromatic rings. The molecule has 1 amide bonds. The van der Waals surface area contributed by atoms with Gasteiger partial charge < -0.3 is 9.64 Å². The molecule has 28 heavy (non-hydrogen) atoms. The van der Waals surface area contributed by atoms with Gasteiger partial charge in [0.05, 0.1) is 17.3 Å². The number of rotatable bonds is 7. The van der Waals surface area contributed by atoms with Gasteiger partial charge in [0.2, 0.25) is 0 Å². The lowest BCUT2D eigenvalue weighted by atomic mass is 10.1. The van der Waals surface area contributed by atoms with E-state index in [1.807, 2.05) is 73.3 Å². The fourth-order valence-corrected chi connectivity index (χ4v) is 3.00. The normalized spacial score (nSPS) is 10.7. The highest BCUT2D eigenvalue weighted by atomic mass is 35.5. The quantitative estimate of drug-likeness (QED) is 0.579. The molecule has 0 radical (unpaired) electrons. The molecule has 0 aliphatic carbocycles. The van der Waals surface area contributed by atoms with Gasteiger partial charge in [0.25, 0.3) is 5.91 Å². The molecule has 0 atom stereocenters. The van der Waals surface area contributed by atoms with Crippen molar-refractivity contribution in [3.05, 3.63) is 82.1 Å². The number of carbonyl (C=O) groups is 1. The Kier molecular flexibility index (Phi) is 6.37. The van der Waals surface area contributed by atoms with Crippen LogP contribution in [-0.2, 0) is 19.7 Å². The first-order valence-corrected chi connectivity index (χ1v) is 9.59. The van der Waals surface area contributed by atoms with Crippen molar-refractivity contribution in [2.45, 2.75) is 33.5 Å². The number of amides is 1. The van der Waals surface area contributed by atoms with Crippen molar-refractivity contribution in [2.24, 2.45) is 0 Å². The van der Waals surface area contributed by atoms with Crippen LogP contribution in [0.4, 0.5) is 0 Å². The molecular weight excluding hydrogens is 374 g/mol. The second-order valence-electron chi connectivity index (χ2n) is 6.74. The smallest absolute Gasteiger partial charge is 0.253 e. The summed E-state index contributed by atoms with van der Waals surface area (Å²) in [4.78, 5) is 14.3. The number of hydrogen-bond donors (Lipinski definition) is 0. The number of hydrogen-bond acceptors (Lipinski definition) is 3. The van der Waals surface area contributed by atoms with Crippen molar-refractivity contribution < 1.29 is 9.53 Å². The number of carbonyl (C=O) groups excluding carboxylic acids is 1. The van der Waals surface area contributed by atoms with Gasteiger partial charge in [-0.25, -0.2) is 0 Å². The summed E-state index contributed by atoms with van der Waals surface area (Å²) in [6, 6.07) is 15.1. The predicted octanol–water partition coefficient (Wildman–Crippen LogP) is 4.72. The second kappa shape index (κ2) is 8.93. The Bertz CT molecular complexity index is 951. The molecule has 1 heterocycles. The summed E-state index contributed by atoms with van der Waals surface area (Å²) >= 11 is 6.16. The Hall–Kier alpha value is -2.79. The zero-order valence-corrected chi connectivity index (χ0v) is 17.1. The van der Waals surface area contributed by atoms with E-state index in [1.54, 1.807) is 11.9 Å². The lowest BCUT2D eigenvalue weighted by Gasteiger charge is -2.16. The lowest BCUT2D eigenvalue weighted by Crippen LogP contribution is -2.26. The molecule has 2 aromatic carbocycles. The van der Waals surface area contributed by atoms with Crippen molar-refractivity contribution in [2.75, 3.05) is 7.05 Å². The minimum Gasteiger partial charge on any atom is -0.487 e. The van der Waals surface area contributed by atoms with Crippen LogP contribution in [0, 0.1) is 6.92 Å². The van der Waals surface area contributed by atoms with E-state index in [0.29, 0.717) is 29.5 Å². The first kappa shape index (κ1) is 20.0. The first-order chi connectivity index (χ1) is 13.5. The van der Waals surface area contributed by atoms with Crippen molar-refractivity contribution in [1.82, 2.24) is 14.7 Å². The summed E-state index contributed by atoms with van der Waals surface area (Å²) in [7, 11) is 1.78. The average Bonchev–Trinajstić information content (AvgIpc) is 3.16. The van der Waals surface area contributed by atoms with Gasteiger partial charge in [-0.1, -0.05) is 29.8 Å². The van der Waals surface area contributed by atoms with Gasteiger partial charge in [0, 0.05) is 25.4 Å². The summed E-state index contributed by atoms with van der Waals surface area (Å²) in [5.41, 5.74) is 3.57. The van der Waals surface area contributed by atoms with Gasteiger partial charge in [-0.2, -0.15) is 5.10 Å². The monoisotopic (exact) mass is 397 g/mol. The summed E-state index contributed by atoms with van der Waals surface area (Å²) in [5, 5.41) is 5.01. The van der Waals surface area contributed by atoms with Gasteiger partial charge in [-0.15, -0.1) is 0 Å². The van der Waals surface area contributed by atoms with E-state index in [2.05, 4.69) is 5.10 Å². The SMILES string of the molecule is CCn1ccc(CN(C)C(=O)c2ccc(COc3cc(C)ccc3Cl)cc2)n1. The Morgan fingerprint density at radius 1 is 1.18 bits per heavy atom. The van der Waals surface area contributed by atoms with Crippen molar-refractivity contribution in [3.8, 4) is 5.75 Å². The molecule has 5 nitrogen and oxygen atoms in total. The maximum atomic E-state index is 12.6. The third kappa shape index (κ3) is 4.93. The molecule has 0 spiro atoms. The second-order valence-corrected chi connectivity index (χ2v) is 7.15. The van der Waals surface area contributed by atoms with Crippen LogP contribution in [0.15, 0.2) is 54.7 Å². The number of benzene rings is 2. The molecule has 0 N–H and O–H groups in total. The van der Waals surface area contributed by atoms with Crippen molar-refractivity contribution >= 4 is 17.5 Å². The standard InChI is InChI=1S/C22H24ClN3O2/c1-4-26-12-11-19(24-26)14-25(3)22(27)18-8-6-17(7-9-18)15-28-21-13-16(2)5-10-20(21)23/h5-13H,4,14-15H2,1-3H3. The van der Waals surface area contributed by atoms with E-state index < -0.39 is 0 Å². The summed E-state index contributed by atoms with van der Waals surface area (Å²) < 4.78 is 7.66. The van der Waals surface area contributed by atoms with Crippen molar-refractivity contribution in [1.29, 1.82) is 0 Å². The van der Waals surface area contributed by atoms with Gasteiger partial charge in [0.15, 0.2) is 0 Å². The minimum atomic E-state index is -0.0414. The molecule has 0 saturated heterocycles. The van der Waals surface area contributed by atoms with Crippen LogP contribution in [0.25, 0.3) is 0 Å². The van der Waals surface area contributed by atoms with E-state index in [4.69, 9.17) is 16.3 Å². The van der Waals surface area contributed by atoms with Gasteiger partial charge in [-0.05, 0) is 55.3 Å². The zero-order valence-electron chi connectivity index (χ0n) is 16.4. The summed E-state index contributed by atoms with van der Waals surface area (Å²) in [5.74, 6) is 0.619. The van der Waals surface area contributed by atoms with Crippen LogP contribution in [0.3, 0.4) is 0 Å². The first-order valence-electron chi connectivity index (χ1n) is 9.22. The lowest BCUT2D eigenvalue weighted by molar-refractivity contribution is 0.0783. The largest absolute Gasteiger partial charge is 0.487 e. The fraction of sp³-hybridized carbons (Fsp3) is 0.273. The molecular formula is C22H24ClN3O2. The molecule has 3 rings (SSSR count). The van der Waals surface area contributed by atoms with Crippen LogP contribution in [0.1, 0.15) is 34.1 Å². The van der Waals surface area contributed by atoms with E-state index in [0.717, 1.165) is 23.4 Å². The van der Waals surface area contributed by atoms with Crippen molar-refractivity contribution in [3.63, 3.8) is 0 Å². The van der Waals surface area contributed by atoms with Gasteiger partial charge in [0.1, 0.15) is 12.4 Å². The summed E-state index contributed by atoms with van der Waals surface area (Å²) in [6.45, 7) is 5.70. The third-order valence-electron chi connectivity index (χ3n) is 4.45. The van der Waals surface area contributed by atoms with E-state index in [1.165, 1.54) is 0 Å². The van der Waals surface area contributed by atoms with E-state index in [9.17, 15) is 4.79 Å². The fourth-order valence-electron chi connectivity index (χ4n) is 2.83.